The van der Waals surface area contributed by atoms with Crippen LogP contribution in [0.15, 0.2) is 95.0 Å². The maximum absolute atomic E-state index is 12.7. The highest BCUT2D eigenvalue weighted by Gasteiger charge is 2.14. The van der Waals surface area contributed by atoms with Crippen molar-refractivity contribution in [3.63, 3.8) is 0 Å². The third-order valence-electron chi connectivity index (χ3n) is 5.17. The molecule has 35 heavy (non-hydrogen) atoms. The van der Waals surface area contributed by atoms with Gasteiger partial charge in [0.1, 0.15) is 11.1 Å². The van der Waals surface area contributed by atoms with E-state index in [4.69, 9.17) is 4.74 Å². The third kappa shape index (κ3) is 5.10. The first-order chi connectivity index (χ1) is 17.1. The van der Waals surface area contributed by atoms with E-state index in [1.807, 2.05) is 73.7 Å². The molecule has 0 spiro atoms. The summed E-state index contributed by atoms with van der Waals surface area (Å²) in [5, 5.41) is 7.89. The van der Waals surface area contributed by atoms with Crippen molar-refractivity contribution in [3.8, 4) is 17.2 Å². The second kappa shape index (κ2) is 9.86. The largest absolute Gasteiger partial charge is 0.455 e. The molecule has 5 aromatic rings. The van der Waals surface area contributed by atoms with Crippen LogP contribution >= 0.6 is 11.8 Å². The average molecular weight is 484 g/mol. The number of carbonyl (C=O) groups is 1. The zero-order chi connectivity index (χ0) is 24.2. The number of hydrogen-bond acceptors (Lipinski definition) is 6. The highest BCUT2D eigenvalue weighted by molar-refractivity contribution is 7.99. The Kier molecular flexibility index (Phi) is 6.32. The summed E-state index contributed by atoms with van der Waals surface area (Å²) in [6.07, 6.45) is 1.49. The number of H-pyrrole nitrogens is 1. The lowest BCUT2D eigenvalue weighted by molar-refractivity contribution is -0.113. The second-order valence-electron chi connectivity index (χ2n) is 7.75. The molecule has 9 heteroatoms. The van der Waals surface area contributed by atoms with Crippen molar-refractivity contribution in [1.82, 2.24) is 19.7 Å². The Morgan fingerprint density at radius 2 is 1.77 bits per heavy atom. The fourth-order valence-corrected chi connectivity index (χ4v) is 4.09. The summed E-state index contributed by atoms with van der Waals surface area (Å²) in [6.45, 7) is 2.00. The van der Waals surface area contributed by atoms with E-state index in [1.165, 1.54) is 6.20 Å². The van der Waals surface area contributed by atoms with Gasteiger partial charge in [0.15, 0.2) is 16.6 Å². The van der Waals surface area contributed by atoms with Gasteiger partial charge in [0.2, 0.25) is 5.91 Å². The highest BCUT2D eigenvalue weighted by atomic mass is 32.2. The number of aryl methyl sites for hydroxylation is 1. The molecular formula is C26H21N5O3S. The van der Waals surface area contributed by atoms with Crippen LogP contribution in [0.5, 0.6) is 11.5 Å². The van der Waals surface area contributed by atoms with Crippen LogP contribution in [0.25, 0.3) is 16.7 Å². The molecule has 1 amide bonds. The van der Waals surface area contributed by atoms with Gasteiger partial charge in [-0.2, -0.15) is 5.10 Å². The molecule has 0 bridgehead atoms. The fraction of sp³-hybridized carbons (Fsp3) is 0.0769. The molecule has 0 saturated carbocycles. The molecule has 0 saturated heterocycles. The highest BCUT2D eigenvalue weighted by Crippen LogP contribution is 2.29. The molecule has 2 heterocycles. The molecule has 3 aromatic carbocycles. The van der Waals surface area contributed by atoms with Gasteiger partial charge >= 0.3 is 0 Å². The number of nitrogens with zero attached hydrogens (tertiary/aromatic N) is 3. The van der Waals surface area contributed by atoms with E-state index in [-0.39, 0.29) is 17.2 Å². The van der Waals surface area contributed by atoms with Crippen LogP contribution in [0.3, 0.4) is 0 Å². The number of rotatable bonds is 7. The number of para-hydroxylation sites is 3. The number of fused-ring (bicyclic) bond motifs is 1. The number of nitrogens with one attached hydrogen (secondary N) is 2. The van der Waals surface area contributed by atoms with Crippen LogP contribution in [0.4, 0.5) is 5.69 Å². The third-order valence-corrected chi connectivity index (χ3v) is 6.04. The summed E-state index contributed by atoms with van der Waals surface area (Å²) in [5.41, 5.74) is 2.60. The molecule has 0 radical (unpaired) electrons. The molecule has 0 fully saturated rings. The van der Waals surface area contributed by atoms with E-state index in [0.29, 0.717) is 33.4 Å². The molecule has 0 aliphatic carbocycles. The van der Waals surface area contributed by atoms with Gasteiger partial charge in [-0.3, -0.25) is 9.59 Å². The van der Waals surface area contributed by atoms with Crippen molar-refractivity contribution < 1.29 is 9.53 Å². The van der Waals surface area contributed by atoms with Gasteiger partial charge in [0.05, 0.1) is 23.3 Å². The SMILES string of the molecule is Cc1ccc(Oc2ccccc2NC(=O)CSc2nc3c(cnn3-c3ccccc3)c(=O)[nH]2)cc1. The Bertz CT molecular complexity index is 1550. The Morgan fingerprint density at radius 3 is 2.57 bits per heavy atom. The van der Waals surface area contributed by atoms with Crippen LogP contribution < -0.4 is 15.6 Å². The molecule has 0 unspecified atom stereocenters. The molecule has 8 nitrogen and oxygen atoms in total. The molecule has 0 aliphatic rings. The molecule has 2 aromatic heterocycles. The topological polar surface area (TPSA) is 102 Å². The smallest absolute Gasteiger partial charge is 0.262 e. The Labute approximate surface area is 205 Å². The van der Waals surface area contributed by atoms with Crippen LogP contribution in [0.1, 0.15) is 5.56 Å². The second-order valence-corrected chi connectivity index (χ2v) is 8.71. The van der Waals surface area contributed by atoms with Crippen molar-refractivity contribution >= 4 is 34.4 Å². The monoisotopic (exact) mass is 483 g/mol. The number of hydrogen-bond donors (Lipinski definition) is 2. The Hall–Kier alpha value is -4.37. The molecule has 0 aliphatic heterocycles. The first-order valence-electron chi connectivity index (χ1n) is 10.9. The number of carbonyl (C=O) groups excluding carboxylic acids is 1. The van der Waals surface area contributed by atoms with Gasteiger partial charge < -0.3 is 15.0 Å². The van der Waals surface area contributed by atoms with Crippen LogP contribution in [0.2, 0.25) is 0 Å². The maximum atomic E-state index is 12.7. The maximum Gasteiger partial charge on any atom is 0.262 e. The number of aromatic amines is 1. The number of anilines is 1. The number of amides is 1. The summed E-state index contributed by atoms with van der Waals surface area (Å²) in [4.78, 5) is 32.5. The summed E-state index contributed by atoms with van der Waals surface area (Å²) >= 11 is 1.13. The Morgan fingerprint density at radius 1 is 1.03 bits per heavy atom. The first kappa shape index (κ1) is 22.4. The van der Waals surface area contributed by atoms with Gasteiger partial charge in [-0.25, -0.2) is 9.67 Å². The van der Waals surface area contributed by atoms with Crippen LogP contribution in [-0.4, -0.2) is 31.4 Å². The van der Waals surface area contributed by atoms with E-state index in [0.717, 1.165) is 23.0 Å². The van der Waals surface area contributed by atoms with E-state index in [1.54, 1.807) is 16.8 Å². The van der Waals surface area contributed by atoms with Gasteiger partial charge in [-0.05, 0) is 43.3 Å². The van der Waals surface area contributed by atoms with E-state index < -0.39 is 0 Å². The lowest BCUT2D eigenvalue weighted by Gasteiger charge is -2.12. The van der Waals surface area contributed by atoms with Gasteiger partial charge in [0, 0.05) is 0 Å². The van der Waals surface area contributed by atoms with Crippen LogP contribution in [-0.2, 0) is 4.79 Å². The van der Waals surface area contributed by atoms with E-state index in [9.17, 15) is 9.59 Å². The number of aromatic nitrogens is 4. The van der Waals surface area contributed by atoms with E-state index in [2.05, 4.69) is 20.4 Å². The van der Waals surface area contributed by atoms with Crippen molar-refractivity contribution in [2.75, 3.05) is 11.1 Å². The minimum Gasteiger partial charge on any atom is -0.455 e. The Balaban J connectivity index is 1.30. The number of ether oxygens (including phenoxy) is 1. The lowest BCUT2D eigenvalue weighted by atomic mass is 10.2. The van der Waals surface area contributed by atoms with E-state index >= 15 is 0 Å². The first-order valence-corrected chi connectivity index (χ1v) is 11.8. The van der Waals surface area contributed by atoms with Gasteiger partial charge in [-0.15, -0.1) is 0 Å². The zero-order valence-electron chi connectivity index (χ0n) is 18.8. The average Bonchev–Trinajstić information content (AvgIpc) is 3.30. The lowest BCUT2D eigenvalue weighted by Crippen LogP contribution is -2.16. The molecule has 2 N–H and O–H groups in total. The predicted octanol–water partition coefficient (Wildman–Crippen LogP) is 4.94. The summed E-state index contributed by atoms with van der Waals surface area (Å²) in [5.74, 6) is 1.01. The van der Waals surface area contributed by atoms with Crippen molar-refractivity contribution in [2.24, 2.45) is 0 Å². The summed E-state index contributed by atoms with van der Waals surface area (Å²) in [6, 6.07) is 24.3. The standard InChI is InChI=1S/C26H21N5O3S/c1-17-11-13-19(14-12-17)34-22-10-6-5-9-21(22)28-23(32)16-35-26-29-24-20(25(33)30-26)15-27-31(24)18-7-3-2-4-8-18/h2-15H,16H2,1H3,(H,28,32)(H,29,30,33). The summed E-state index contributed by atoms with van der Waals surface area (Å²) < 4.78 is 7.55. The fourth-order valence-electron chi connectivity index (χ4n) is 3.44. The van der Waals surface area contributed by atoms with Crippen molar-refractivity contribution in [2.45, 2.75) is 12.1 Å². The predicted molar refractivity (Wildman–Crippen MR) is 137 cm³/mol. The molecule has 5 rings (SSSR count). The number of benzene rings is 3. The molecule has 174 valence electrons. The normalized spacial score (nSPS) is 10.9. The minimum absolute atomic E-state index is 0.0484. The van der Waals surface area contributed by atoms with Crippen molar-refractivity contribution in [1.29, 1.82) is 0 Å². The quantitative estimate of drug-likeness (QED) is 0.251. The molecular weight excluding hydrogens is 462 g/mol. The molecule has 0 atom stereocenters. The number of thioether (sulfide) groups is 1. The minimum atomic E-state index is -0.308. The zero-order valence-corrected chi connectivity index (χ0v) is 19.6. The van der Waals surface area contributed by atoms with Gasteiger partial charge in [0.25, 0.3) is 5.56 Å². The summed E-state index contributed by atoms with van der Waals surface area (Å²) in [7, 11) is 0. The van der Waals surface area contributed by atoms with Crippen LogP contribution in [0, 0.1) is 6.92 Å². The van der Waals surface area contributed by atoms with Gasteiger partial charge in [-0.1, -0.05) is 59.8 Å². The van der Waals surface area contributed by atoms with Crippen molar-refractivity contribution in [3.05, 3.63) is 101 Å².